The van der Waals surface area contributed by atoms with Crippen molar-refractivity contribution in [2.45, 2.75) is 65.0 Å². The number of aliphatic carboxylic acids is 1. The maximum atomic E-state index is 14.4. The number of nitrogens with two attached hydrogens (primary N) is 1. The lowest BCUT2D eigenvalue weighted by atomic mass is 9.93. The van der Waals surface area contributed by atoms with E-state index in [1.165, 1.54) is 12.7 Å². The number of rotatable bonds is 11. The fraction of sp³-hybridized carbons (Fsp3) is 0.467. The molecule has 1 aromatic heterocycles. The Morgan fingerprint density at radius 2 is 1.65 bits per heavy atom. The number of aromatic nitrogens is 3. The van der Waals surface area contributed by atoms with Crippen LogP contribution in [0.3, 0.4) is 0 Å². The molecule has 18 heteroatoms. The van der Waals surface area contributed by atoms with Gasteiger partial charge in [-0.25, -0.2) is 9.29 Å². The van der Waals surface area contributed by atoms with Gasteiger partial charge in [-0.2, -0.15) is 15.0 Å². The fourth-order valence-corrected chi connectivity index (χ4v) is 5.40. The molecule has 14 nitrogen and oxygen atoms in total. The highest BCUT2D eigenvalue weighted by molar-refractivity contribution is 7.57. The Morgan fingerprint density at radius 1 is 1.12 bits per heavy atom. The molecule has 3 atom stereocenters. The van der Waals surface area contributed by atoms with Crippen molar-refractivity contribution in [2.75, 3.05) is 41.4 Å². The fourth-order valence-electron chi connectivity index (χ4n) is 4.29. The van der Waals surface area contributed by atoms with Crippen molar-refractivity contribution in [2.24, 2.45) is 5.73 Å². The molecule has 0 saturated heterocycles. The largest absolute Gasteiger partial charge is 0.480 e. The van der Waals surface area contributed by atoms with Gasteiger partial charge < -0.3 is 31.1 Å². The number of hydrogen-bond acceptors (Lipinski definition) is 11. The zero-order valence-corrected chi connectivity index (χ0v) is 29.3. The van der Waals surface area contributed by atoms with Crippen LogP contribution in [0.4, 0.5) is 22.0 Å². The van der Waals surface area contributed by atoms with Crippen molar-refractivity contribution in [3.05, 3.63) is 39.4 Å². The summed E-state index contributed by atoms with van der Waals surface area (Å²) in [6, 6.07) is 1.24. The maximum Gasteiger partial charge on any atom is 0.320 e. The molecule has 0 saturated carbocycles. The summed E-state index contributed by atoms with van der Waals surface area (Å²) in [5.41, 5.74) is 5.90. The molecule has 0 fully saturated rings. The normalized spacial score (nSPS) is 16.2. The van der Waals surface area contributed by atoms with Gasteiger partial charge in [0.25, 0.3) is 11.8 Å². The van der Waals surface area contributed by atoms with Crippen LogP contribution in [0, 0.1) is 18.2 Å². The van der Waals surface area contributed by atoms with Gasteiger partial charge in [0, 0.05) is 43.1 Å². The zero-order valence-electron chi connectivity index (χ0n) is 26.9. The molecule has 0 radical (unpaired) electrons. The van der Waals surface area contributed by atoms with Crippen LogP contribution in [0.2, 0.25) is 10.3 Å². The van der Waals surface area contributed by atoms with Crippen molar-refractivity contribution >= 4 is 65.9 Å². The molecular formula is C30H39Cl2FN7O7P. The number of hydrogen-bond donors (Lipinski definition) is 5. The van der Waals surface area contributed by atoms with Crippen molar-refractivity contribution in [1.29, 1.82) is 0 Å². The van der Waals surface area contributed by atoms with Gasteiger partial charge in [-0.15, -0.1) is 6.42 Å². The first-order valence-electron chi connectivity index (χ1n) is 14.9. The van der Waals surface area contributed by atoms with Gasteiger partial charge in [0.1, 0.15) is 17.6 Å². The summed E-state index contributed by atoms with van der Waals surface area (Å²) in [6.07, 6.45) is 7.47. The molecule has 2 aromatic rings. The number of ether oxygens (including phenoxy) is 1. The first-order valence-corrected chi connectivity index (χ1v) is 18.0. The van der Waals surface area contributed by atoms with E-state index >= 15 is 0 Å². The second-order valence-corrected chi connectivity index (χ2v) is 13.9. The van der Waals surface area contributed by atoms with Crippen LogP contribution in [-0.2, 0) is 18.9 Å². The van der Waals surface area contributed by atoms with E-state index < -0.39 is 43.1 Å². The van der Waals surface area contributed by atoms with Gasteiger partial charge in [0.15, 0.2) is 13.5 Å². The van der Waals surface area contributed by atoms with Gasteiger partial charge in [-0.05, 0) is 70.5 Å². The van der Waals surface area contributed by atoms with E-state index in [0.717, 1.165) is 36.9 Å². The number of carboxylic acid groups (broad SMARTS) is 1. The summed E-state index contributed by atoms with van der Waals surface area (Å²) in [4.78, 5) is 56.7. The van der Waals surface area contributed by atoms with E-state index in [2.05, 4.69) is 31.5 Å². The van der Waals surface area contributed by atoms with E-state index in [1.54, 1.807) is 6.92 Å². The van der Waals surface area contributed by atoms with Crippen molar-refractivity contribution in [3.8, 4) is 18.1 Å². The Kier molecular flexibility index (Phi) is 15.7. The molecule has 0 spiro atoms. The average molecular weight is 731 g/mol. The topological polar surface area (TPSA) is 210 Å². The second kappa shape index (κ2) is 18.7. The molecular weight excluding hydrogens is 691 g/mol. The Balaban J connectivity index is 0.000000282. The van der Waals surface area contributed by atoms with Crippen LogP contribution in [0.15, 0.2) is 23.3 Å². The van der Waals surface area contributed by atoms with Gasteiger partial charge >= 0.3 is 5.97 Å². The molecule has 1 aliphatic carbocycles. The van der Waals surface area contributed by atoms with Crippen LogP contribution in [0.5, 0.6) is 5.75 Å². The van der Waals surface area contributed by atoms with Gasteiger partial charge in [-0.1, -0.05) is 17.5 Å². The Morgan fingerprint density at radius 3 is 2.08 bits per heavy atom. The smallest absolute Gasteiger partial charge is 0.320 e. The monoisotopic (exact) mass is 729 g/mol. The number of amides is 2. The number of nitrogens with one attached hydrogen (secondary N) is 2. The highest BCUT2D eigenvalue weighted by atomic mass is 35.5. The predicted molar refractivity (Wildman–Crippen MR) is 182 cm³/mol. The molecule has 1 aliphatic heterocycles. The molecule has 6 N–H and O–H groups in total. The van der Waals surface area contributed by atoms with Crippen LogP contribution in [0.1, 0.15) is 52.9 Å². The van der Waals surface area contributed by atoms with E-state index in [-0.39, 0.29) is 34.3 Å². The zero-order chi connectivity index (χ0) is 36.2. The second-order valence-electron chi connectivity index (χ2n) is 10.6. The van der Waals surface area contributed by atoms with E-state index in [0.29, 0.717) is 35.9 Å². The number of carboxylic acids is 1. The molecule has 2 heterocycles. The third kappa shape index (κ3) is 12.0. The number of nitrogens with zero attached hydrogens (tertiary/aromatic N) is 4. The number of carbonyl (C=O) groups excluding carboxylic acids is 2. The first kappa shape index (κ1) is 40.4. The minimum absolute atomic E-state index is 0.0233. The summed E-state index contributed by atoms with van der Waals surface area (Å²) in [5, 5.41) is 14.4. The molecule has 262 valence electrons. The number of halogens is 3. The molecule has 2 amide bonds. The Labute approximate surface area is 288 Å². The number of anilines is 3. The van der Waals surface area contributed by atoms with Crippen molar-refractivity contribution in [3.63, 3.8) is 0 Å². The summed E-state index contributed by atoms with van der Waals surface area (Å²) in [5.74, 6) is 0.664. The van der Waals surface area contributed by atoms with E-state index in [9.17, 15) is 23.3 Å². The summed E-state index contributed by atoms with van der Waals surface area (Å²) < 4.78 is 30.5. The van der Waals surface area contributed by atoms with Crippen molar-refractivity contribution in [1.82, 2.24) is 15.0 Å². The van der Waals surface area contributed by atoms with E-state index in [1.807, 2.05) is 13.8 Å². The van der Waals surface area contributed by atoms with Gasteiger partial charge in [-0.3, -0.25) is 18.9 Å². The predicted octanol–water partition coefficient (Wildman–Crippen LogP) is 4.70. The summed E-state index contributed by atoms with van der Waals surface area (Å²) in [7, 11) is -3.10. The number of imide groups is 1. The van der Waals surface area contributed by atoms with Crippen LogP contribution < -0.4 is 26.0 Å². The first-order chi connectivity index (χ1) is 22.5. The number of benzene rings is 1. The number of carbonyl (C=O) groups is 3. The highest BCUT2D eigenvalue weighted by Gasteiger charge is 2.41. The van der Waals surface area contributed by atoms with Crippen molar-refractivity contribution < 1.29 is 38.1 Å². The molecule has 0 bridgehead atoms. The summed E-state index contributed by atoms with van der Waals surface area (Å²) in [6.45, 7) is 8.25. The highest BCUT2D eigenvalue weighted by Crippen LogP contribution is 2.40. The van der Waals surface area contributed by atoms with Crippen LogP contribution in [0.25, 0.3) is 0 Å². The Bertz CT molecular complexity index is 1560. The average Bonchev–Trinajstić information content (AvgIpc) is 3.26. The Hall–Kier alpha value is -3.80. The third-order valence-corrected chi connectivity index (χ3v) is 8.17. The van der Waals surface area contributed by atoms with E-state index in [4.69, 9.17) is 50.1 Å². The van der Waals surface area contributed by atoms with Crippen LogP contribution >= 0.6 is 30.6 Å². The standard InChI is InChI=1S/C18H15ClFNO3.C7H12ClN5.C5H12NO4P/c1-3-10(2)24-16-9-15(14(20)8-13(16)19)21-17(22)11-6-4-5-7-12(11)18(21)23;1-3-9-6-11-5(8)12-7(13-6)10-4-2;1-11(9,10)3-2-4(6)5(7)8/h1,8-10H,4-7H2,2H3;3-4H2,1-2H3,(H2,9,10,11,12,13);4H,2-3,6H2,1H3,(H,7,8)(H,9,10). The van der Waals surface area contributed by atoms with Crippen LogP contribution in [-0.4, -0.2) is 80.8 Å². The molecule has 4 rings (SSSR count). The third-order valence-electron chi connectivity index (χ3n) is 6.62. The lowest BCUT2D eigenvalue weighted by molar-refractivity contribution is -0.138. The molecule has 2 aliphatic rings. The molecule has 3 unspecified atom stereocenters. The molecule has 1 aromatic carbocycles. The minimum atomic E-state index is -3.10. The quantitative estimate of drug-likeness (QED) is 0.121. The minimum Gasteiger partial charge on any atom is -0.480 e. The van der Waals surface area contributed by atoms with Gasteiger partial charge in [0.2, 0.25) is 17.2 Å². The SMILES string of the molecule is C#CC(C)Oc1cc(N2C(=O)C3=C(CCCC3)C2=O)c(F)cc1Cl.CCNc1nc(Cl)nc(NCC)n1.CP(=O)(O)CCC(N)C(=O)O. The maximum absolute atomic E-state index is 14.4. The molecule has 48 heavy (non-hydrogen) atoms. The van der Waals surface area contributed by atoms with Gasteiger partial charge in [0.05, 0.1) is 10.7 Å². The lowest BCUT2D eigenvalue weighted by Crippen LogP contribution is -2.32. The number of terminal acetylenes is 1. The summed E-state index contributed by atoms with van der Waals surface area (Å²) >= 11 is 11.7. The lowest BCUT2D eigenvalue weighted by Gasteiger charge is -2.19.